The van der Waals surface area contributed by atoms with Crippen LogP contribution in [0.5, 0.6) is 0 Å². The molecule has 0 aromatic heterocycles. The van der Waals surface area contributed by atoms with E-state index in [4.69, 9.17) is 0 Å². The van der Waals surface area contributed by atoms with Gasteiger partial charge in [-0.25, -0.2) is 16.8 Å². The Morgan fingerprint density at radius 3 is 2.13 bits per heavy atom. The standard InChI is InChI=1S/C21H26N2O5S2/c1-17-11-14-23(15-12-17)30(27,28)20-9-7-18(8-10-20)21(24)22-13-16-29(25,26)19-5-3-2-4-6-19/h2-10,17H,11-16H2,1H3,(H,22,24). The van der Waals surface area contributed by atoms with Gasteiger partial charge in [-0.1, -0.05) is 25.1 Å². The Balaban J connectivity index is 1.59. The molecule has 0 aliphatic carbocycles. The average molecular weight is 451 g/mol. The summed E-state index contributed by atoms with van der Waals surface area (Å²) in [6, 6.07) is 13.8. The van der Waals surface area contributed by atoms with Gasteiger partial charge in [0.25, 0.3) is 5.91 Å². The molecule has 2 aromatic carbocycles. The molecule has 0 radical (unpaired) electrons. The molecule has 0 atom stereocenters. The number of piperidine rings is 1. The first-order valence-corrected chi connectivity index (χ1v) is 13.0. The van der Waals surface area contributed by atoms with Crippen molar-refractivity contribution in [1.82, 2.24) is 9.62 Å². The smallest absolute Gasteiger partial charge is 0.251 e. The lowest BCUT2D eigenvalue weighted by Crippen LogP contribution is -2.37. The molecule has 9 heteroatoms. The number of hydrogen-bond donors (Lipinski definition) is 1. The number of nitrogens with one attached hydrogen (secondary N) is 1. The molecule has 7 nitrogen and oxygen atoms in total. The van der Waals surface area contributed by atoms with Gasteiger partial charge in [0.2, 0.25) is 10.0 Å². The summed E-state index contributed by atoms with van der Waals surface area (Å²) in [5, 5.41) is 2.57. The van der Waals surface area contributed by atoms with Crippen LogP contribution in [0.15, 0.2) is 64.4 Å². The lowest BCUT2D eigenvalue weighted by Gasteiger charge is -2.29. The van der Waals surface area contributed by atoms with Gasteiger partial charge in [-0.3, -0.25) is 4.79 Å². The lowest BCUT2D eigenvalue weighted by molar-refractivity contribution is 0.0956. The molecular formula is C21H26N2O5S2. The van der Waals surface area contributed by atoms with Gasteiger partial charge in [0.05, 0.1) is 15.5 Å². The van der Waals surface area contributed by atoms with Crippen molar-refractivity contribution < 1.29 is 21.6 Å². The van der Waals surface area contributed by atoms with E-state index in [1.54, 1.807) is 18.2 Å². The van der Waals surface area contributed by atoms with Crippen molar-refractivity contribution in [3.05, 3.63) is 60.2 Å². The summed E-state index contributed by atoms with van der Waals surface area (Å²) in [6.07, 6.45) is 1.68. The number of sulfonamides is 1. The number of nitrogens with zero attached hydrogens (tertiary/aromatic N) is 1. The zero-order chi connectivity index (χ0) is 21.8. The maximum atomic E-state index is 12.8. The maximum absolute atomic E-state index is 12.8. The molecule has 1 amide bonds. The third-order valence-corrected chi connectivity index (χ3v) is 8.90. The summed E-state index contributed by atoms with van der Waals surface area (Å²) in [7, 11) is -7.05. The molecule has 1 fully saturated rings. The first-order valence-electron chi connectivity index (χ1n) is 9.86. The van der Waals surface area contributed by atoms with Crippen molar-refractivity contribution in [3.63, 3.8) is 0 Å². The van der Waals surface area contributed by atoms with Gasteiger partial charge in [-0.05, 0) is 55.2 Å². The van der Waals surface area contributed by atoms with Crippen LogP contribution in [-0.2, 0) is 19.9 Å². The quantitative estimate of drug-likeness (QED) is 0.698. The minimum atomic E-state index is -3.57. The van der Waals surface area contributed by atoms with Crippen molar-refractivity contribution >= 4 is 25.8 Å². The first-order chi connectivity index (χ1) is 14.2. The van der Waals surface area contributed by atoms with Gasteiger partial charge in [0, 0.05) is 25.2 Å². The molecule has 2 aromatic rings. The van der Waals surface area contributed by atoms with Crippen molar-refractivity contribution in [2.45, 2.75) is 29.6 Å². The fourth-order valence-corrected chi connectivity index (χ4v) is 5.95. The monoisotopic (exact) mass is 450 g/mol. The highest BCUT2D eigenvalue weighted by molar-refractivity contribution is 7.91. The van der Waals surface area contributed by atoms with Gasteiger partial charge in [-0.15, -0.1) is 0 Å². The molecule has 1 heterocycles. The first kappa shape index (κ1) is 22.5. The van der Waals surface area contributed by atoms with Crippen LogP contribution < -0.4 is 5.32 Å². The topological polar surface area (TPSA) is 101 Å². The lowest BCUT2D eigenvalue weighted by atomic mass is 10.0. The van der Waals surface area contributed by atoms with E-state index < -0.39 is 25.8 Å². The Morgan fingerprint density at radius 1 is 0.933 bits per heavy atom. The highest BCUT2D eigenvalue weighted by Gasteiger charge is 2.28. The summed E-state index contributed by atoms with van der Waals surface area (Å²) in [4.78, 5) is 12.7. The molecule has 0 unspecified atom stereocenters. The van der Waals surface area contributed by atoms with E-state index in [1.165, 1.54) is 40.7 Å². The number of sulfone groups is 1. The van der Waals surface area contributed by atoms with Crippen LogP contribution in [0.2, 0.25) is 0 Å². The molecular weight excluding hydrogens is 424 g/mol. The van der Waals surface area contributed by atoms with E-state index in [9.17, 15) is 21.6 Å². The highest BCUT2D eigenvalue weighted by atomic mass is 32.2. The van der Waals surface area contributed by atoms with Crippen LogP contribution in [0.3, 0.4) is 0 Å². The zero-order valence-electron chi connectivity index (χ0n) is 16.8. The van der Waals surface area contributed by atoms with Crippen LogP contribution in [-0.4, -0.2) is 52.4 Å². The van der Waals surface area contributed by atoms with Gasteiger partial charge in [0.15, 0.2) is 9.84 Å². The van der Waals surface area contributed by atoms with Gasteiger partial charge in [-0.2, -0.15) is 4.31 Å². The Morgan fingerprint density at radius 2 is 1.53 bits per heavy atom. The number of rotatable bonds is 7. The molecule has 1 saturated heterocycles. The third-order valence-electron chi connectivity index (χ3n) is 5.26. The Labute approximate surface area is 178 Å². The largest absolute Gasteiger partial charge is 0.351 e. The van der Waals surface area contributed by atoms with Gasteiger partial charge >= 0.3 is 0 Å². The van der Waals surface area contributed by atoms with Crippen LogP contribution >= 0.6 is 0 Å². The molecule has 3 rings (SSSR count). The normalized spacial score (nSPS) is 16.3. The second-order valence-electron chi connectivity index (χ2n) is 7.50. The summed E-state index contributed by atoms with van der Waals surface area (Å²) >= 11 is 0. The molecule has 30 heavy (non-hydrogen) atoms. The third kappa shape index (κ3) is 5.27. The van der Waals surface area contributed by atoms with Crippen LogP contribution in [0.4, 0.5) is 0 Å². The summed E-state index contributed by atoms with van der Waals surface area (Å²) in [5.41, 5.74) is 0.276. The average Bonchev–Trinajstić information content (AvgIpc) is 2.74. The van der Waals surface area contributed by atoms with E-state index in [1.807, 2.05) is 0 Å². The molecule has 1 N–H and O–H groups in total. The Hall–Kier alpha value is -2.23. The SMILES string of the molecule is CC1CCN(S(=O)(=O)c2ccc(C(=O)NCCS(=O)(=O)c3ccccc3)cc2)CC1. The zero-order valence-corrected chi connectivity index (χ0v) is 18.5. The van der Waals surface area contributed by atoms with Gasteiger partial charge in [0.1, 0.15) is 0 Å². The maximum Gasteiger partial charge on any atom is 0.251 e. The number of hydrogen-bond acceptors (Lipinski definition) is 5. The Bertz CT molecular complexity index is 1070. The number of benzene rings is 2. The van der Waals surface area contributed by atoms with Crippen LogP contribution in [0.25, 0.3) is 0 Å². The molecule has 0 bridgehead atoms. The second kappa shape index (κ2) is 9.28. The van der Waals surface area contributed by atoms with Gasteiger partial charge < -0.3 is 5.32 Å². The van der Waals surface area contributed by atoms with E-state index in [0.717, 1.165) is 12.8 Å². The predicted octanol–water partition coefficient (Wildman–Crippen LogP) is 2.31. The summed E-state index contributed by atoms with van der Waals surface area (Å²) < 4.78 is 51.5. The van der Waals surface area contributed by atoms with Crippen molar-refractivity contribution in [2.75, 3.05) is 25.4 Å². The van der Waals surface area contributed by atoms with E-state index in [2.05, 4.69) is 12.2 Å². The minimum absolute atomic E-state index is 0.0396. The molecule has 0 spiro atoms. The van der Waals surface area contributed by atoms with Crippen molar-refractivity contribution in [3.8, 4) is 0 Å². The number of carbonyl (C=O) groups excluding carboxylic acids is 1. The minimum Gasteiger partial charge on any atom is -0.351 e. The number of carbonyl (C=O) groups is 1. The highest BCUT2D eigenvalue weighted by Crippen LogP contribution is 2.23. The van der Waals surface area contributed by atoms with Crippen molar-refractivity contribution in [2.24, 2.45) is 5.92 Å². The summed E-state index contributed by atoms with van der Waals surface area (Å²) in [5.74, 6) is -0.148. The van der Waals surface area contributed by atoms with E-state index in [-0.39, 0.29) is 27.7 Å². The fraction of sp³-hybridized carbons (Fsp3) is 0.381. The second-order valence-corrected chi connectivity index (χ2v) is 11.5. The fourth-order valence-electron chi connectivity index (χ4n) is 3.30. The van der Waals surface area contributed by atoms with E-state index in [0.29, 0.717) is 19.0 Å². The predicted molar refractivity (Wildman–Crippen MR) is 114 cm³/mol. The van der Waals surface area contributed by atoms with Crippen LogP contribution in [0, 0.1) is 5.92 Å². The molecule has 1 aliphatic heterocycles. The van der Waals surface area contributed by atoms with Crippen molar-refractivity contribution in [1.29, 1.82) is 0 Å². The van der Waals surface area contributed by atoms with E-state index >= 15 is 0 Å². The molecule has 1 aliphatic rings. The van der Waals surface area contributed by atoms with Crippen LogP contribution in [0.1, 0.15) is 30.1 Å². The number of amides is 1. The summed E-state index contributed by atoms with van der Waals surface area (Å²) in [6.45, 7) is 3.08. The molecule has 0 saturated carbocycles. The molecule has 162 valence electrons. The Kier molecular flexibility index (Phi) is 6.95.